The molecule has 8 nitrogen and oxygen atoms in total. The molecule has 146 valence electrons. The van der Waals surface area contributed by atoms with Crippen LogP contribution in [0.3, 0.4) is 0 Å². The van der Waals surface area contributed by atoms with Gasteiger partial charge in [0, 0.05) is 10.7 Å². The number of hydrogen-bond acceptors (Lipinski definition) is 5. The maximum atomic E-state index is 12.9. The summed E-state index contributed by atoms with van der Waals surface area (Å²) in [6.45, 7) is 1.80. The molecule has 9 heteroatoms. The molecule has 3 N–H and O–H groups in total. The first-order chi connectivity index (χ1) is 12.9. The van der Waals surface area contributed by atoms with Gasteiger partial charge in [-0.05, 0) is 51.1 Å². The van der Waals surface area contributed by atoms with Crippen LogP contribution in [0.1, 0.15) is 19.8 Å². The van der Waals surface area contributed by atoms with Crippen molar-refractivity contribution in [3.63, 3.8) is 0 Å². The molecule has 1 aromatic carbocycles. The highest BCUT2D eigenvalue weighted by atomic mass is 35.5. The Morgan fingerprint density at radius 2 is 1.96 bits per heavy atom. The molecule has 0 aliphatic carbocycles. The van der Waals surface area contributed by atoms with Crippen molar-refractivity contribution in [2.75, 3.05) is 19.0 Å². The standard InChI is InChI=1S/C18H23ClN4O4/c1-10(20-2)16(24)22-13-9-27-15-8-7-14(23(15)18(13)26)17(25)21-12-5-3-11(19)4-6-12/h3-6,10,13-15,20H,7-9H2,1-2H3,(H,21,25)(H,22,24)/t10-,13?,14?,15?/m0/s1. The van der Waals surface area contributed by atoms with Crippen molar-refractivity contribution < 1.29 is 19.1 Å². The highest BCUT2D eigenvalue weighted by Crippen LogP contribution is 2.30. The van der Waals surface area contributed by atoms with Gasteiger partial charge in [-0.1, -0.05) is 11.6 Å². The summed E-state index contributed by atoms with van der Waals surface area (Å²) in [4.78, 5) is 39.1. The van der Waals surface area contributed by atoms with E-state index in [1.54, 1.807) is 38.2 Å². The lowest BCUT2D eigenvalue weighted by Crippen LogP contribution is -2.62. The molecule has 0 spiro atoms. The summed E-state index contributed by atoms with van der Waals surface area (Å²) in [5.74, 6) is -0.872. The molecule has 1 aromatic rings. The largest absolute Gasteiger partial charge is 0.356 e. The van der Waals surface area contributed by atoms with E-state index in [0.29, 0.717) is 23.6 Å². The zero-order valence-corrected chi connectivity index (χ0v) is 16.0. The molecule has 3 amide bonds. The molecule has 3 rings (SSSR count). The highest BCUT2D eigenvalue weighted by molar-refractivity contribution is 6.30. The number of likely N-dealkylation sites (N-methyl/N-ethyl adjacent to an activating group) is 1. The lowest BCUT2D eigenvalue weighted by Gasteiger charge is -2.37. The number of rotatable bonds is 5. The predicted octanol–water partition coefficient (Wildman–Crippen LogP) is 0.718. The number of nitrogens with one attached hydrogen (secondary N) is 3. The summed E-state index contributed by atoms with van der Waals surface area (Å²) in [6.07, 6.45) is 0.648. The van der Waals surface area contributed by atoms with Gasteiger partial charge in [-0.2, -0.15) is 0 Å². The Hall–Kier alpha value is -2.16. The minimum Gasteiger partial charge on any atom is -0.356 e. The Kier molecular flexibility index (Phi) is 5.98. The van der Waals surface area contributed by atoms with E-state index < -0.39 is 24.4 Å². The second-order valence-electron chi connectivity index (χ2n) is 6.69. The number of ether oxygens (including phenoxy) is 1. The fraction of sp³-hybridized carbons (Fsp3) is 0.500. The topological polar surface area (TPSA) is 99.8 Å². The van der Waals surface area contributed by atoms with Gasteiger partial charge in [0.15, 0.2) is 0 Å². The quantitative estimate of drug-likeness (QED) is 0.683. The number of halogens is 1. The second kappa shape index (κ2) is 8.24. The molecular weight excluding hydrogens is 372 g/mol. The van der Waals surface area contributed by atoms with Crippen LogP contribution in [0, 0.1) is 0 Å². The van der Waals surface area contributed by atoms with Crippen LogP contribution >= 0.6 is 11.6 Å². The fourth-order valence-electron chi connectivity index (χ4n) is 3.24. The van der Waals surface area contributed by atoms with Crippen molar-refractivity contribution in [2.45, 2.75) is 44.1 Å². The number of nitrogens with zero attached hydrogens (tertiary/aromatic N) is 1. The molecule has 0 radical (unpaired) electrons. The van der Waals surface area contributed by atoms with E-state index in [4.69, 9.17) is 16.3 Å². The van der Waals surface area contributed by atoms with Crippen molar-refractivity contribution >= 4 is 35.0 Å². The van der Waals surface area contributed by atoms with Gasteiger partial charge >= 0.3 is 0 Å². The summed E-state index contributed by atoms with van der Waals surface area (Å²) >= 11 is 5.85. The summed E-state index contributed by atoms with van der Waals surface area (Å²) in [5.41, 5.74) is 0.603. The number of hydrogen-bond donors (Lipinski definition) is 3. The van der Waals surface area contributed by atoms with Crippen LogP contribution in [0.15, 0.2) is 24.3 Å². The number of carbonyl (C=O) groups excluding carboxylic acids is 3. The van der Waals surface area contributed by atoms with E-state index in [1.807, 2.05) is 0 Å². The molecule has 2 fully saturated rings. The third-order valence-corrected chi connectivity index (χ3v) is 5.15. The zero-order valence-electron chi connectivity index (χ0n) is 15.2. The molecule has 0 saturated carbocycles. The first-order valence-corrected chi connectivity index (χ1v) is 9.26. The van der Waals surface area contributed by atoms with Crippen LogP contribution in [0.5, 0.6) is 0 Å². The monoisotopic (exact) mass is 394 g/mol. The Bertz CT molecular complexity index is 727. The van der Waals surface area contributed by atoms with Gasteiger partial charge in [-0.25, -0.2) is 0 Å². The van der Waals surface area contributed by atoms with Crippen molar-refractivity contribution in [3.05, 3.63) is 29.3 Å². The lowest BCUT2D eigenvalue weighted by atomic mass is 10.1. The van der Waals surface area contributed by atoms with E-state index in [0.717, 1.165) is 0 Å². The molecule has 0 aromatic heterocycles. The van der Waals surface area contributed by atoms with Gasteiger partial charge in [0.05, 0.1) is 12.6 Å². The van der Waals surface area contributed by atoms with Crippen LogP contribution in [-0.2, 0) is 19.1 Å². The third-order valence-electron chi connectivity index (χ3n) is 4.90. The van der Waals surface area contributed by atoms with E-state index in [2.05, 4.69) is 16.0 Å². The van der Waals surface area contributed by atoms with Gasteiger partial charge < -0.3 is 25.6 Å². The Balaban J connectivity index is 1.68. The van der Waals surface area contributed by atoms with Crippen LogP contribution < -0.4 is 16.0 Å². The minimum absolute atomic E-state index is 0.105. The van der Waals surface area contributed by atoms with Gasteiger partial charge in [-0.15, -0.1) is 0 Å². The summed E-state index contributed by atoms with van der Waals surface area (Å²) in [7, 11) is 1.66. The number of anilines is 1. The third kappa shape index (κ3) is 4.23. The van der Waals surface area contributed by atoms with Gasteiger partial charge in [0.25, 0.3) is 0 Å². The van der Waals surface area contributed by atoms with Crippen LogP contribution in [0.2, 0.25) is 5.02 Å². The van der Waals surface area contributed by atoms with E-state index in [1.165, 1.54) is 4.90 Å². The molecule has 2 aliphatic heterocycles. The molecule has 3 unspecified atom stereocenters. The van der Waals surface area contributed by atoms with Crippen molar-refractivity contribution in [3.8, 4) is 0 Å². The predicted molar refractivity (Wildman–Crippen MR) is 100 cm³/mol. The number of amides is 3. The summed E-state index contributed by atoms with van der Waals surface area (Å²) < 4.78 is 5.72. The summed E-state index contributed by atoms with van der Waals surface area (Å²) in [6, 6.07) is 4.88. The fourth-order valence-corrected chi connectivity index (χ4v) is 3.37. The molecule has 2 aliphatic rings. The average Bonchev–Trinajstić information content (AvgIpc) is 3.10. The van der Waals surface area contributed by atoms with Crippen molar-refractivity contribution in [1.82, 2.24) is 15.5 Å². The Morgan fingerprint density at radius 3 is 2.63 bits per heavy atom. The average molecular weight is 395 g/mol. The SMILES string of the molecule is CN[C@@H](C)C(=O)NC1COC2CCC(C(=O)Nc3ccc(Cl)cc3)N2C1=O. The Labute approximate surface area is 162 Å². The van der Waals surface area contributed by atoms with E-state index in [9.17, 15) is 14.4 Å². The molecule has 0 bridgehead atoms. The number of fused-ring (bicyclic) bond motifs is 1. The van der Waals surface area contributed by atoms with Gasteiger partial charge in [-0.3, -0.25) is 14.4 Å². The first kappa shape index (κ1) is 19.6. The van der Waals surface area contributed by atoms with Crippen LogP contribution in [-0.4, -0.2) is 60.6 Å². The smallest absolute Gasteiger partial charge is 0.250 e. The molecular formula is C18H23ClN4O4. The van der Waals surface area contributed by atoms with E-state index in [-0.39, 0.29) is 24.3 Å². The Morgan fingerprint density at radius 1 is 1.26 bits per heavy atom. The maximum Gasteiger partial charge on any atom is 0.250 e. The number of carbonyl (C=O) groups is 3. The minimum atomic E-state index is -0.798. The van der Waals surface area contributed by atoms with Gasteiger partial charge in [0.2, 0.25) is 17.7 Å². The zero-order chi connectivity index (χ0) is 19.6. The summed E-state index contributed by atoms with van der Waals surface area (Å²) in [5, 5.41) is 8.88. The van der Waals surface area contributed by atoms with Gasteiger partial charge in [0.1, 0.15) is 18.3 Å². The van der Waals surface area contributed by atoms with E-state index >= 15 is 0 Å². The van der Waals surface area contributed by atoms with Crippen molar-refractivity contribution in [1.29, 1.82) is 0 Å². The maximum absolute atomic E-state index is 12.9. The first-order valence-electron chi connectivity index (χ1n) is 8.88. The van der Waals surface area contributed by atoms with Crippen molar-refractivity contribution in [2.24, 2.45) is 0 Å². The normalized spacial score (nSPS) is 25.7. The molecule has 2 saturated heterocycles. The molecule has 2 heterocycles. The molecule has 27 heavy (non-hydrogen) atoms. The van der Waals surface area contributed by atoms with Crippen LogP contribution in [0.25, 0.3) is 0 Å². The van der Waals surface area contributed by atoms with Crippen LogP contribution in [0.4, 0.5) is 5.69 Å². The molecule has 4 atom stereocenters. The lowest BCUT2D eigenvalue weighted by molar-refractivity contribution is -0.166. The number of benzene rings is 1. The highest BCUT2D eigenvalue weighted by Gasteiger charge is 2.47. The second-order valence-corrected chi connectivity index (χ2v) is 7.13.